The molecule has 0 aliphatic carbocycles. The van der Waals surface area contributed by atoms with Crippen LogP contribution < -0.4 is 5.56 Å². The third-order valence-electron chi connectivity index (χ3n) is 4.73. The molecule has 0 aliphatic heterocycles. The van der Waals surface area contributed by atoms with E-state index in [0.29, 0.717) is 0 Å². The topological polar surface area (TPSA) is 47.8 Å². The molecular formula is C23H18FN3O. The summed E-state index contributed by atoms with van der Waals surface area (Å²) in [5.41, 5.74) is 2.41. The smallest absolute Gasteiger partial charge is 0.251 e. The largest absolute Gasteiger partial charge is 0.305 e. The molecule has 0 aliphatic rings. The number of rotatable bonds is 5. The Hall–Kier alpha value is -3.60. The molecule has 3 heterocycles. The van der Waals surface area contributed by atoms with Gasteiger partial charge in [0.25, 0.3) is 5.56 Å². The van der Waals surface area contributed by atoms with Gasteiger partial charge in [0.1, 0.15) is 5.82 Å². The van der Waals surface area contributed by atoms with E-state index < -0.39 is 6.04 Å². The van der Waals surface area contributed by atoms with E-state index in [1.54, 1.807) is 47.6 Å². The summed E-state index contributed by atoms with van der Waals surface area (Å²) in [5.74, 6) is -0.579. The second kappa shape index (κ2) is 7.96. The Balaban J connectivity index is 1.97. The molecule has 0 bridgehead atoms. The highest BCUT2D eigenvalue weighted by Gasteiger charge is 2.30. The summed E-state index contributed by atoms with van der Waals surface area (Å²) in [7, 11) is 0. The highest BCUT2D eigenvalue weighted by Crippen LogP contribution is 2.38. The number of halogens is 1. The molecule has 3 aromatic heterocycles. The molecule has 2 unspecified atom stereocenters. The maximum Gasteiger partial charge on any atom is 0.251 e. The highest BCUT2D eigenvalue weighted by atomic mass is 19.1. The fourth-order valence-electron chi connectivity index (χ4n) is 3.48. The van der Waals surface area contributed by atoms with Crippen LogP contribution in [0.2, 0.25) is 0 Å². The number of hydrogen-bond acceptors (Lipinski definition) is 3. The molecule has 2 atom stereocenters. The predicted octanol–water partition coefficient (Wildman–Crippen LogP) is 4.20. The van der Waals surface area contributed by atoms with E-state index in [1.807, 2.05) is 36.4 Å². The van der Waals surface area contributed by atoms with Gasteiger partial charge in [0.2, 0.25) is 0 Å². The molecule has 4 rings (SSSR count). The molecule has 1 aromatic carbocycles. The van der Waals surface area contributed by atoms with Crippen molar-refractivity contribution in [3.05, 3.63) is 131 Å². The van der Waals surface area contributed by atoms with Gasteiger partial charge in [-0.1, -0.05) is 30.3 Å². The zero-order valence-electron chi connectivity index (χ0n) is 15.0. The van der Waals surface area contributed by atoms with Gasteiger partial charge in [0.05, 0.1) is 11.7 Å². The Morgan fingerprint density at radius 3 is 2.32 bits per heavy atom. The molecular weight excluding hydrogens is 353 g/mol. The summed E-state index contributed by atoms with van der Waals surface area (Å²) in [5, 5.41) is 0. The predicted molar refractivity (Wildman–Crippen MR) is 106 cm³/mol. The van der Waals surface area contributed by atoms with Gasteiger partial charge in [-0.3, -0.25) is 14.8 Å². The lowest BCUT2D eigenvalue weighted by molar-refractivity contribution is 0.494. The lowest BCUT2D eigenvalue weighted by Gasteiger charge is -2.29. The molecule has 0 fully saturated rings. The minimum Gasteiger partial charge on any atom is -0.305 e. The number of aromatic nitrogens is 3. The quantitative estimate of drug-likeness (QED) is 0.528. The second-order valence-electron chi connectivity index (χ2n) is 6.46. The Kier molecular flexibility index (Phi) is 5.06. The standard InChI is InChI=1S/C23H18FN3O/c24-19-11-9-17(10-12-19)22(18-6-5-13-25-16-18)23(20-7-1-3-14-26-20)27-15-4-2-8-21(27)28/h1-16,22-23H. The third kappa shape index (κ3) is 3.60. The molecule has 0 saturated carbocycles. The monoisotopic (exact) mass is 371 g/mol. The summed E-state index contributed by atoms with van der Waals surface area (Å²) in [6.45, 7) is 0. The first-order valence-corrected chi connectivity index (χ1v) is 8.97. The Morgan fingerprint density at radius 1 is 0.821 bits per heavy atom. The van der Waals surface area contributed by atoms with E-state index in [4.69, 9.17) is 0 Å². The minimum atomic E-state index is -0.412. The van der Waals surface area contributed by atoms with Gasteiger partial charge < -0.3 is 4.57 Å². The maximum absolute atomic E-state index is 13.6. The summed E-state index contributed by atoms with van der Waals surface area (Å²) < 4.78 is 15.3. The van der Waals surface area contributed by atoms with Crippen LogP contribution >= 0.6 is 0 Å². The SMILES string of the molecule is O=c1ccccn1C(c1ccccn1)C(c1ccc(F)cc1)c1cccnc1. The average Bonchev–Trinajstić information content (AvgIpc) is 2.75. The summed E-state index contributed by atoms with van der Waals surface area (Å²) in [6, 6.07) is 20.5. The van der Waals surface area contributed by atoms with Crippen LogP contribution in [0.3, 0.4) is 0 Å². The van der Waals surface area contributed by atoms with Crippen molar-refractivity contribution < 1.29 is 4.39 Å². The van der Waals surface area contributed by atoms with E-state index in [0.717, 1.165) is 16.8 Å². The van der Waals surface area contributed by atoms with Crippen LogP contribution in [0.4, 0.5) is 4.39 Å². The van der Waals surface area contributed by atoms with Crippen LogP contribution in [0.1, 0.15) is 28.8 Å². The van der Waals surface area contributed by atoms with Crippen molar-refractivity contribution in [1.29, 1.82) is 0 Å². The Morgan fingerprint density at radius 2 is 1.64 bits per heavy atom. The molecule has 5 heteroatoms. The molecule has 4 nitrogen and oxygen atoms in total. The first kappa shape index (κ1) is 17.8. The summed E-state index contributed by atoms with van der Waals surface area (Å²) in [6.07, 6.45) is 6.95. The van der Waals surface area contributed by atoms with Crippen LogP contribution in [0.15, 0.2) is 102 Å². The zero-order chi connectivity index (χ0) is 19.3. The van der Waals surface area contributed by atoms with E-state index in [9.17, 15) is 9.18 Å². The molecule has 0 radical (unpaired) electrons. The van der Waals surface area contributed by atoms with Crippen LogP contribution in [-0.2, 0) is 0 Å². The van der Waals surface area contributed by atoms with Crippen molar-refractivity contribution in [3.63, 3.8) is 0 Å². The fourth-order valence-corrected chi connectivity index (χ4v) is 3.48. The lowest BCUT2D eigenvalue weighted by Crippen LogP contribution is -2.29. The van der Waals surface area contributed by atoms with Crippen LogP contribution in [0.25, 0.3) is 0 Å². The van der Waals surface area contributed by atoms with Crippen molar-refractivity contribution in [2.45, 2.75) is 12.0 Å². The summed E-state index contributed by atoms with van der Waals surface area (Å²) >= 11 is 0. The van der Waals surface area contributed by atoms with Gasteiger partial charge in [-0.25, -0.2) is 4.39 Å². The first-order chi connectivity index (χ1) is 13.7. The normalized spacial score (nSPS) is 13.0. The van der Waals surface area contributed by atoms with Gasteiger partial charge in [-0.05, 0) is 47.5 Å². The van der Waals surface area contributed by atoms with Gasteiger partial charge in [-0.15, -0.1) is 0 Å². The van der Waals surface area contributed by atoms with Gasteiger partial charge in [0.15, 0.2) is 0 Å². The molecule has 0 amide bonds. The highest BCUT2D eigenvalue weighted by molar-refractivity contribution is 5.36. The average molecular weight is 371 g/mol. The van der Waals surface area contributed by atoms with Crippen LogP contribution in [0.5, 0.6) is 0 Å². The van der Waals surface area contributed by atoms with E-state index in [1.165, 1.54) is 18.2 Å². The molecule has 0 spiro atoms. The zero-order valence-corrected chi connectivity index (χ0v) is 15.0. The Labute approximate surface area is 162 Å². The van der Waals surface area contributed by atoms with Crippen LogP contribution in [-0.4, -0.2) is 14.5 Å². The number of nitrogens with zero attached hydrogens (tertiary/aromatic N) is 3. The minimum absolute atomic E-state index is 0.130. The van der Waals surface area contributed by atoms with Crippen molar-refractivity contribution in [3.8, 4) is 0 Å². The van der Waals surface area contributed by atoms with Crippen LogP contribution in [0, 0.1) is 5.82 Å². The lowest BCUT2D eigenvalue weighted by atomic mass is 9.83. The Bertz CT molecular complexity index is 1100. The van der Waals surface area contributed by atoms with Crippen molar-refractivity contribution in [1.82, 2.24) is 14.5 Å². The molecule has 0 saturated heterocycles. The maximum atomic E-state index is 13.6. The van der Waals surface area contributed by atoms with Gasteiger partial charge in [-0.2, -0.15) is 0 Å². The van der Waals surface area contributed by atoms with Gasteiger partial charge >= 0.3 is 0 Å². The van der Waals surface area contributed by atoms with Crippen molar-refractivity contribution in [2.75, 3.05) is 0 Å². The van der Waals surface area contributed by atoms with Gasteiger partial charge in [0, 0.05) is 36.8 Å². The third-order valence-corrected chi connectivity index (χ3v) is 4.73. The molecule has 0 N–H and O–H groups in total. The first-order valence-electron chi connectivity index (χ1n) is 8.97. The van der Waals surface area contributed by atoms with Crippen molar-refractivity contribution >= 4 is 0 Å². The van der Waals surface area contributed by atoms with E-state index in [2.05, 4.69) is 9.97 Å². The van der Waals surface area contributed by atoms with E-state index >= 15 is 0 Å². The second-order valence-corrected chi connectivity index (χ2v) is 6.46. The van der Waals surface area contributed by atoms with E-state index in [-0.39, 0.29) is 17.3 Å². The number of pyridine rings is 3. The summed E-state index contributed by atoms with van der Waals surface area (Å²) in [4.78, 5) is 21.5. The number of hydrogen-bond donors (Lipinski definition) is 0. The van der Waals surface area contributed by atoms with Crippen molar-refractivity contribution in [2.24, 2.45) is 0 Å². The molecule has 138 valence electrons. The number of benzene rings is 1. The fraction of sp³-hybridized carbons (Fsp3) is 0.0870. The molecule has 4 aromatic rings. The molecule has 28 heavy (non-hydrogen) atoms.